The molecule has 2 aromatic rings. The van der Waals surface area contributed by atoms with Gasteiger partial charge in [0.05, 0.1) is 15.1 Å². The summed E-state index contributed by atoms with van der Waals surface area (Å²) in [6.07, 6.45) is -0.0382. The van der Waals surface area contributed by atoms with Crippen LogP contribution in [-0.2, 0) is 9.59 Å². The molecule has 0 bridgehead atoms. The van der Waals surface area contributed by atoms with Crippen molar-refractivity contribution >= 4 is 46.7 Å². The lowest BCUT2D eigenvalue weighted by Crippen LogP contribution is -2.12. The molecule has 132 valence electrons. The second-order valence-electron chi connectivity index (χ2n) is 4.90. The molecule has 0 radical (unpaired) electrons. The third-order valence-corrected chi connectivity index (χ3v) is 3.92. The lowest BCUT2D eigenvalue weighted by atomic mass is 10.2. The van der Waals surface area contributed by atoms with Crippen LogP contribution in [0.1, 0.15) is 19.3 Å². The molecule has 0 aliphatic rings. The molecule has 8 heteroatoms. The Kier molecular flexibility index (Phi) is 7.05. The van der Waals surface area contributed by atoms with Gasteiger partial charge in [-0.2, -0.15) is 0 Å². The monoisotopic (exact) mass is 404 g/mol. The predicted octanol–water partition coefficient (Wildman–Crippen LogP) is 5.47. The highest BCUT2D eigenvalue weighted by Crippen LogP contribution is 2.32. The summed E-state index contributed by atoms with van der Waals surface area (Å²) in [5.74, 6) is -2.33. The molecule has 0 unspecified atom stereocenters. The van der Waals surface area contributed by atoms with E-state index in [0.29, 0.717) is 0 Å². The molecule has 0 N–H and O–H groups in total. The number of esters is 2. The molecule has 0 spiro atoms. The molecule has 4 nitrogen and oxygen atoms in total. The summed E-state index contributed by atoms with van der Waals surface area (Å²) in [5.41, 5.74) is 0. The van der Waals surface area contributed by atoms with Gasteiger partial charge in [0.2, 0.25) is 0 Å². The lowest BCUT2D eigenvalue weighted by molar-refractivity contribution is -0.136. The summed E-state index contributed by atoms with van der Waals surface area (Å²) < 4.78 is 23.5. The molecule has 0 aliphatic carbocycles. The van der Waals surface area contributed by atoms with Crippen LogP contribution in [0.15, 0.2) is 36.4 Å². The number of carbonyl (C=O) groups is 2. The Balaban J connectivity index is 1.82. The van der Waals surface area contributed by atoms with Crippen LogP contribution in [0.4, 0.5) is 4.39 Å². The molecule has 0 heterocycles. The van der Waals surface area contributed by atoms with Crippen LogP contribution in [0.25, 0.3) is 0 Å². The Morgan fingerprint density at radius 2 is 1.24 bits per heavy atom. The van der Waals surface area contributed by atoms with Crippen molar-refractivity contribution in [3.8, 4) is 11.5 Å². The zero-order valence-electron chi connectivity index (χ0n) is 12.7. The van der Waals surface area contributed by atoms with Crippen molar-refractivity contribution in [2.75, 3.05) is 0 Å². The van der Waals surface area contributed by atoms with E-state index in [1.165, 1.54) is 24.3 Å². The third kappa shape index (κ3) is 5.59. The van der Waals surface area contributed by atoms with Gasteiger partial charge in [-0.1, -0.05) is 46.9 Å². The number of hydrogen-bond donors (Lipinski definition) is 0. The molecule has 25 heavy (non-hydrogen) atoms. The van der Waals surface area contributed by atoms with Gasteiger partial charge in [-0.3, -0.25) is 9.59 Å². The van der Waals surface area contributed by atoms with E-state index >= 15 is 0 Å². The number of ether oxygens (including phenoxy) is 2. The van der Waals surface area contributed by atoms with Crippen LogP contribution in [0.2, 0.25) is 15.1 Å². The van der Waals surface area contributed by atoms with Gasteiger partial charge in [0, 0.05) is 12.8 Å². The van der Waals surface area contributed by atoms with Gasteiger partial charge in [0.15, 0.2) is 17.3 Å². The smallest absolute Gasteiger partial charge is 0.311 e. The normalized spacial score (nSPS) is 10.4. The molecule has 0 fully saturated rings. The van der Waals surface area contributed by atoms with Gasteiger partial charge >= 0.3 is 11.9 Å². The van der Waals surface area contributed by atoms with E-state index < -0.39 is 17.8 Å². The Morgan fingerprint density at radius 1 is 0.800 bits per heavy atom. The molecule has 0 amide bonds. The summed E-state index contributed by atoms with van der Waals surface area (Å²) in [6, 6.07) is 8.60. The molecule has 0 aromatic heterocycles. The van der Waals surface area contributed by atoms with Crippen molar-refractivity contribution in [1.82, 2.24) is 0 Å². The van der Waals surface area contributed by atoms with Gasteiger partial charge in [-0.25, -0.2) is 4.39 Å². The van der Waals surface area contributed by atoms with Crippen LogP contribution in [0, 0.1) is 5.82 Å². The Hall–Kier alpha value is -1.82. The van der Waals surface area contributed by atoms with E-state index in [1.54, 1.807) is 6.07 Å². The molecule has 2 aromatic carbocycles. The molecule has 2 rings (SSSR count). The first-order valence-electron chi connectivity index (χ1n) is 7.18. The minimum Gasteiger partial charge on any atom is -0.423 e. The van der Waals surface area contributed by atoms with Crippen molar-refractivity contribution in [2.45, 2.75) is 19.3 Å². The number of hydrogen-bond acceptors (Lipinski definition) is 4. The number of halogens is 4. The lowest BCUT2D eigenvalue weighted by Gasteiger charge is -2.08. The second-order valence-corrected chi connectivity index (χ2v) is 6.12. The predicted molar refractivity (Wildman–Crippen MR) is 93.0 cm³/mol. The second kappa shape index (κ2) is 9.04. The van der Waals surface area contributed by atoms with E-state index in [2.05, 4.69) is 0 Å². The maximum Gasteiger partial charge on any atom is 0.311 e. The van der Waals surface area contributed by atoms with Crippen molar-refractivity contribution in [3.05, 3.63) is 57.3 Å². The number of rotatable bonds is 6. The van der Waals surface area contributed by atoms with Crippen LogP contribution >= 0.6 is 34.8 Å². The first-order chi connectivity index (χ1) is 11.9. The van der Waals surface area contributed by atoms with Crippen LogP contribution in [0.3, 0.4) is 0 Å². The van der Waals surface area contributed by atoms with E-state index in [9.17, 15) is 14.0 Å². The number of carbonyl (C=O) groups excluding carboxylic acids is 2. The number of benzene rings is 2. The minimum absolute atomic E-state index is 0.0129. The molecular weight excluding hydrogens is 394 g/mol. The highest BCUT2D eigenvalue weighted by Gasteiger charge is 2.15. The average molecular weight is 406 g/mol. The average Bonchev–Trinajstić information content (AvgIpc) is 2.55. The summed E-state index contributed by atoms with van der Waals surface area (Å²) in [4.78, 5) is 23.5. The topological polar surface area (TPSA) is 52.6 Å². The maximum absolute atomic E-state index is 13.5. The fraction of sp³-hybridized carbons (Fsp3) is 0.176. The molecule has 0 aliphatic heterocycles. The van der Waals surface area contributed by atoms with Crippen molar-refractivity contribution in [1.29, 1.82) is 0 Å². The molecule has 0 saturated heterocycles. The molecule has 0 saturated carbocycles. The maximum atomic E-state index is 13.5. The SMILES string of the molecule is O=C(CCCC(=O)Oc1c(Cl)cccc1Cl)Oc1c(F)cccc1Cl. The van der Waals surface area contributed by atoms with Crippen molar-refractivity contribution in [3.63, 3.8) is 0 Å². The van der Waals surface area contributed by atoms with Gasteiger partial charge in [-0.15, -0.1) is 0 Å². The summed E-state index contributed by atoms with van der Waals surface area (Å²) in [5, 5.41) is 0.394. The summed E-state index contributed by atoms with van der Waals surface area (Å²) in [7, 11) is 0. The third-order valence-electron chi connectivity index (χ3n) is 3.03. The molecular formula is C17H12Cl3FO4. The van der Waals surface area contributed by atoms with Gasteiger partial charge in [-0.05, 0) is 30.7 Å². The number of para-hydroxylation sites is 2. The first kappa shape index (κ1) is 19.5. The zero-order valence-corrected chi connectivity index (χ0v) is 15.0. The van der Waals surface area contributed by atoms with E-state index in [0.717, 1.165) is 6.07 Å². The highest BCUT2D eigenvalue weighted by molar-refractivity contribution is 6.37. The zero-order chi connectivity index (χ0) is 18.4. The van der Waals surface area contributed by atoms with E-state index in [1.807, 2.05) is 0 Å². The highest BCUT2D eigenvalue weighted by atomic mass is 35.5. The minimum atomic E-state index is -0.742. The van der Waals surface area contributed by atoms with E-state index in [-0.39, 0.29) is 45.8 Å². The molecule has 0 atom stereocenters. The van der Waals surface area contributed by atoms with Crippen molar-refractivity contribution in [2.24, 2.45) is 0 Å². The summed E-state index contributed by atoms with van der Waals surface area (Å²) in [6.45, 7) is 0. The summed E-state index contributed by atoms with van der Waals surface area (Å²) >= 11 is 17.6. The fourth-order valence-corrected chi connectivity index (χ4v) is 2.54. The fourth-order valence-electron chi connectivity index (χ4n) is 1.87. The van der Waals surface area contributed by atoms with Gasteiger partial charge in [0.1, 0.15) is 0 Å². The van der Waals surface area contributed by atoms with Crippen molar-refractivity contribution < 1.29 is 23.5 Å². The van der Waals surface area contributed by atoms with Crippen LogP contribution < -0.4 is 9.47 Å². The quantitative estimate of drug-likeness (QED) is 0.472. The largest absolute Gasteiger partial charge is 0.423 e. The van der Waals surface area contributed by atoms with Gasteiger partial charge in [0.25, 0.3) is 0 Å². The van der Waals surface area contributed by atoms with Crippen LogP contribution in [0.5, 0.6) is 11.5 Å². The Bertz CT molecular complexity index is 689. The van der Waals surface area contributed by atoms with E-state index in [4.69, 9.17) is 44.3 Å². The first-order valence-corrected chi connectivity index (χ1v) is 8.31. The Morgan fingerprint density at radius 3 is 1.76 bits per heavy atom. The standard InChI is InChI=1S/C17H12Cl3FO4/c18-10-4-1-5-11(19)16(10)24-14(22)8-3-9-15(23)25-17-12(20)6-2-7-13(17)21/h1-2,4-7H,3,8-9H2. The van der Waals surface area contributed by atoms with Crippen LogP contribution in [-0.4, -0.2) is 11.9 Å². The Labute approximate surface area is 158 Å². The van der Waals surface area contributed by atoms with Gasteiger partial charge < -0.3 is 9.47 Å².